The number of carbonyl (C=O) groups is 2. The quantitative estimate of drug-likeness (QED) is 0.676. The molecule has 0 aliphatic heterocycles. The second kappa shape index (κ2) is 9.23. The predicted octanol–water partition coefficient (Wildman–Crippen LogP) is 1.27. The minimum atomic E-state index is -0.713. The van der Waals surface area contributed by atoms with Crippen molar-refractivity contribution in [1.82, 2.24) is 10.6 Å². The van der Waals surface area contributed by atoms with Crippen LogP contribution in [0.1, 0.15) is 12.0 Å². The van der Waals surface area contributed by atoms with Crippen molar-refractivity contribution in [3.8, 4) is 0 Å². The molecule has 1 rings (SSSR count). The lowest BCUT2D eigenvalue weighted by Gasteiger charge is -2.16. The molecule has 0 saturated heterocycles. The van der Waals surface area contributed by atoms with Gasteiger partial charge >= 0.3 is 6.03 Å². The molecule has 3 amide bonds. The van der Waals surface area contributed by atoms with Crippen LogP contribution in [0.5, 0.6) is 0 Å². The molecule has 0 unspecified atom stereocenters. The van der Waals surface area contributed by atoms with Crippen molar-refractivity contribution in [2.45, 2.75) is 18.9 Å². The topological polar surface area (TPSA) is 84.2 Å². The molecule has 7 heteroatoms. The van der Waals surface area contributed by atoms with E-state index >= 15 is 0 Å². The summed E-state index contributed by atoms with van der Waals surface area (Å²) in [6.07, 6.45) is 3.04. The highest BCUT2D eigenvalue weighted by Crippen LogP contribution is 2.04. The number of halogens is 1. The van der Waals surface area contributed by atoms with Gasteiger partial charge in [-0.1, -0.05) is 12.1 Å². The maximum absolute atomic E-state index is 12.8. The molecule has 1 atom stereocenters. The number of carbonyl (C=O) groups excluding carboxylic acids is 2. The van der Waals surface area contributed by atoms with Gasteiger partial charge in [-0.05, 0) is 42.5 Å². The van der Waals surface area contributed by atoms with Gasteiger partial charge in [0.15, 0.2) is 0 Å². The van der Waals surface area contributed by atoms with Crippen LogP contribution >= 0.6 is 11.8 Å². The van der Waals surface area contributed by atoms with E-state index in [-0.39, 0.29) is 11.7 Å². The van der Waals surface area contributed by atoms with Crippen LogP contribution in [0.2, 0.25) is 0 Å². The Kier molecular flexibility index (Phi) is 7.60. The Morgan fingerprint density at radius 1 is 1.33 bits per heavy atom. The maximum atomic E-state index is 12.8. The standard InChI is InChI=1S/C14H20FN3O2S/c1-21-9-7-12(18-14(16)20)13(19)17-8-6-10-2-4-11(15)5-3-10/h2-5,12H,6-9H2,1H3,(H,17,19)(H3,16,18,20)/t12-/m1/s1. The Bertz CT molecular complexity index is 468. The molecule has 0 saturated carbocycles. The minimum Gasteiger partial charge on any atom is -0.354 e. The van der Waals surface area contributed by atoms with Crippen molar-refractivity contribution in [1.29, 1.82) is 0 Å². The summed E-state index contributed by atoms with van der Waals surface area (Å²) in [6, 6.07) is 4.78. The first-order valence-electron chi connectivity index (χ1n) is 6.60. The second-order valence-corrected chi connectivity index (χ2v) is 5.50. The molecule has 1 aromatic carbocycles. The Balaban J connectivity index is 2.41. The molecular weight excluding hydrogens is 293 g/mol. The van der Waals surface area contributed by atoms with E-state index in [0.29, 0.717) is 19.4 Å². The van der Waals surface area contributed by atoms with E-state index in [9.17, 15) is 14.0 Å². The van der Waals surface area contributed by atoms with Crippen LogP contribution in [0.15, 0.2) is 24.3 Å². The number of hydrogen-bond donors (Lipinski definition) is 3. The third kappa shape index (κ3) is 6.99. The fourth-order valence-electron chi connectivity index (χ4n) is 1.78. The van der Waals surface area contributed by atoms with Crippen LogP contribution in [0.4, 0.5) is 9.18 Å². The van der Waals surface area contributed by atoms with Gasteiger partial charge in [0.25, 0.3) is 0 Å². The first kappa shape index (κ1) is 17.3. The monoisotopic (exact) mass is 313 g/mol. The molecule has 0 radical (unpaired) electrons. The number of primary amides is 1. The normalized spacial score (nSPS) is 11.7. The zero-order valence-corrected chi connectivity index (χ0v) is 12.7. The summed E-state index contributed by atoms with van der Waals surface area (Å²) in [5.41, 5.74) is 6.00. The van der Waals surface area contributed by atoms with Crippen molar-refractivity contribution < 1.29 is 14.0 Å². The number of amides is 3. The summed E-state index contributed by atoms with van der Waals surface area (Å²) in [6.45, 7) is 0.417. The first-order chi connectivity index (χ1) is 10.0. The van der Waals surface area contributed by atoms with Gasteiger partial charge in [-0.15, -0.1) is 0 Å². The van der Waals surface area contributed by atoms with Crippen molar-refractivity contribution in [2.75, 3.05) is 18.6 Å². The third-order valence-corrected chi connectivity index (χ3v) is 3.51. The van der Waals surface area contributed by atoms with Gasteiger partial charge in [-0.2, -0.15) is 11.8 Å². The van der Waals surface area contributed by atoms with Gasteiger partial charge in [0.1, 0.15) is 11.9 Å². The summed E-state index contributed by atoms with van der Waals surface area (Å²) >= 11 is 1.59. The van der Waals surface area contributed by atoms with Gasteiger partial charge in [0.05, 0.1) is 0 Å². The van der Waals surface area contributed by atoms with E-state index in [1.54, 1.807) is 23.9 Å². The molecule has 1 aromatic rings. The molecule has 0 bridgehead atoms. The van der Waals surface area contributed by atoms with E-state index in [1.165, 1.54) is 12.1 Å². The predicted molar refractivity (Wildman–Crippen MR) is 82.6 cm³/mol. The molecule has 0 heterocycles. The highest BCUT2D eigenvalue weighted by atomic mass is 32.2. The summed E-state index contributed by atoms with van der Waals surface area (Å²) in [5, 5.41) is 5.18. The lowest BCUT2D eigenvalue weighted by molar-refractivity contribution is -0.122. The van der Waals surface area contributed by atoms with E-state index in [2.05, 4.69) is 10.6 Å². The lowest BCUT2D eigenvalue weighted by atomic mass is 10.1. The number of nitrogens with two attached hydrogens (primary N) is 1. The van der Waals surface area contributed by atoms with Crippen LogP contribution in [0, 0.1) is 5.82 Å². The largest absolute Gasteiger partial charge is 0.354 e. The SMILES string of the molecule is CSCC[C@@H](NC(N)=O)C(=O)NCCc1ccc(F)cc1. The Morgan fingerprint density at radius 3 is 2.57 bits per heavy atom. The molecule has 0 aromatic heterocycles. The van der Waals surface area contributed by atoms with Crippen LogP contribution in [0.3, 0.4) is 0 Å². The highest BCUT2D eigenvalue weighted by molar-refractivity contribution is 7.98. The summed E-state index contributed by atoms with van der Waals surface area (Å²) in [5.74, 6) is 0.201. The molecule has 4 N–H and O–H groups in total. The zero-order valence-electron chi connectivity index (χ0n) is 11.9. The lowest BCUT2D eigenvalue weighted by Crippen LogP contribution is -2.49. The van der Waals surface area contributed by atoms with Gasteiger partial charge < -0.3 is 16.4 Å². The van der Waals surface area contributed by atoms with Crippen molar-refractivity contribution >= 4 is 23.7 Å². The third-order valence-electron chi connectivity index (χ3n) is 2.87. The molecule has 0 fully saturated rings. The number of urea groups is 1. The summed E-state index contributed by atoms with van der Waals surface area (Å²) < 4.78 is 12.8. The van der Waals surface area contributed by atoms with Crippen molar-refractivity contribution in [2.24, 2.45) is 5.73 Å². The fraction of sp³-hybridized carbons (Fsp3) is 0.429. The molecule has 0 spiro atoms. The second-order valence-electron chi connectivity index (χ2n) is 4.51. The zero-order chi connectivity index (χ0) is 15.7. The fourth-order valence-corrected chi connectivity index (χ4v) is 2.25. The molecule has 0 aliphatic rings. The number of benzene rings is 1. The van der Waals surface area contributed by atoms with Gasteiger partial charge in [0, 0.05) is 6.54 Å². The highest BCUT2D eigenvalue weighted by Gasteiger charge is 2.18. The Morgan fingerprint density at radius 2 is 2.00 bits per heavy atom. The number of thioether (sulfide) groups is 1. The van der Waals surface area contributed by atoms with Crippen LogP contribution in [-0.4, -0.2) is 36.5 Å². The van der Waals surface area contributed by atoms with Gasteiger partial charge in [-0.3, -0.25) is 4.79 Å². The number of rotatable bonds is 8. The summed E-state index contributed by atoms with van der Waals surface area (Å²) in [4.78, 5) is 22.9. The molecule has 5 nitrogen and oxygen atoms in total. The average molecular weight is 313 g/mol. The van der Waals surface area contributed by atoms with E-state index in [0.717, 1.165) is 11.3 Å². The van der Waals surface area contributed by atoms with E-state index in [4.69, 9.17) is 5.73 Å². The maximum Gasteiger partial charge on any atom is 0.312 e. The van der Waals surface area contributed by atoms with Crippen molar-refractivity contribution in [3.63, 3.8) is 0 Å². The van der Waals surface area contributed by atoms with Gasteiger partial charge in [-0.25, -0.2) is 9.18 Å². The van der Waals surface area contributed by atoms with E-state index in [1.807, 2.05) is 6.26 Å². The number of nitrogens with one attached hydrogen (secondary N) is 2. The number of hydrogen-bond acceptors (Lipinski definition) is 3. The average Bonchev–Trinajstić information content (AvgIpc) is 2.45. The van der Waals surface area contributed by atoms with Crippen molar-refractivity contribution in [3.05, 3.63) is 35.6 Å². The minimum absolute atomic E-state index is 0.259. The Labute approximate surface area is 127 Å². The van der Waals surface area contributed by atoms with Gasteiger partial charge in [0.2, 0.25) is 5.91 Å². The van der Waals surface area contributed by atoms with E-state index < -0.39 is 12.1 Å². The van der Waals surface area contributed by atoms with Crippen LogP contribution in [0.25, 0.3) is 0 Å². The first-order valence-corrected chi connectivity index (χ1v) is 7.99. The molecular formula is C14H20FN3O2S. The smallest absolute Gasteiger partial charge is 0.312 e. The molecule has 21 heavy (non-hydrogen) atoms. The summed E-state index contributed by atoms with van der Waals surface area (Å²) in [7, 11) is 0. The van der Waals surface area contributed by atoms with Crippen LogP contribution < -0.4 is 16.4 Å². The molecule has 0 aliphatic carbocycles. The van der Waals surface area contributed by atoms with Crippen LogP contribution in [-0.2, 0) is 11.2 Å². The molecule has 116 valence electrons. The Hall–Kier alpha value is -1.76.